The van der Waals surface area contributed by atoms with Gasteiger partial charge in [0.15, 0.2) is 0 Å². The van der Waals surface area contributed by atoms with Gasteiger partial charge in [-0.3, -0.25) is 0 Å². The minimum Gasteiger partial charge on any atom is -0.659 e. The number of hydrogen-bond acceptors (Lipinski definition) is 0. The van der Waals surface area contributed by atoms with E-state index >= 15 is 0 Å². The smallest absolute Gasteiger partial charge is 0 e. The predicted molar refractivity (Wildman–Crippen MR) is 31.5 cm³/mol. The zero-order chi connectivity index (χ0) is 5.11. The fourth-order valence-corrected chi connectivity index (χ4v) is 0.669. The SMILES string of the molecule is CC1=CC[N-]CC1.[W]. The van der Waals surface area contributed by atoms with Crippen LogP contribution in [0.3, 0.4) is 0 Å². The Morgan fingerprint density at radius 3 is 2.62 bits per heavy atom. The number of rotatable bonds is 0. The normalized spacial score (nSPS) is 18.9. The summed E-state index contributed by atoms with van der Waals surface area (Å²) in [5.41, 5.74) is 1.50. The third-order valence-electron chi connectivity index (χ3n) is 1.23. The van der Waals surface area contributed by atoms with Gasteiger partial charge >= 0.3 is 0 Å². The van der Waals surface area contributed by atoms with Crippen molar-refractivity contribution >= 4 is 0 Å². The molecule has 2 heteroatoms. The molecule has 0 atom stereocenters. The van der Waals surface area contributed by atoms with E-state index in [1.165, 1.54) is 12.0 Å². The molecule has 0 aromatic heterocycles. The van der Waals surface area contributed by atoms with E-state index in [4.69, 9.17) is 0 Å². The van der Waals surface area contributed by atoms with Crippen LogP contribution in [0, 0.1) is 0 Å². The van der Waals surface area contributed by atoms with Crippen molar-refractivity contribution < 1.29 is 21.1 Å². The van der Waals surface area contributed by atoms with Crippen LogP contribution >= 0.6 is 0 Å². The number of hydrogen-bond donors (Lipinski definition) is 0. The Kier molecular flexibility index (Phi) is 4.49. The van der Waals surface area contributed by atoms with Crippen LogP contribution in [-0.2, 0) is 21.1 Å². The van der Waals surface area contributed by atoms with Crippen LogP contribution in [0.25, 0.3) is 5.32 Å². The van der Waals surface area contributed by atoms with Gasteiger partial charge in [0, 0.05) is 21.1 Å². The molecule has 8 heavy (non-hydrogen) atoms. The molecule has 0 radical (unpaired) electrons. The first-order valence-electron chi connectivity index (χ1n) is 2.68. The first-order chi connectivity index (χ1) is 3.39. The van der Waals surface area contributed by atoms with Gasteiger partial charge in [0.2, 0.25) is 0 Å². The molecule has 1 heterocycles. The van der Waals surface area contributed by atoms with E-state index in [0.717, 1.165) is 13.1 Å². The second-order valence-corrected chi connectivity index (χ2v) is 1.93. The van der Waals surface area contributed by atoms with Crippen molar-refractivity contribution in [3.05, 3.63) is 17.0 Å². The molecule has 1 nitrogen and oxygen atoms in total. The minimum absolute atomic E-state index is 0. The topological polar surface area (TPSA) is 14.1 Å². The van der Waals surface area contributed by atoms with Crippen LogP contribution in [0.2, 0.25) is 0 Å². The van der Waals surface area contributed by atoms with E-state index in [0.29, 0.717) is 0 Å². The summed E-state index contributed by atoms with van der Waals surface area (Å²) < 4.78 is 0. The standard InChI is InChI=1S/C6H10N.W/c1-6-2-4-7-5-3-6;/h2H,3-5H2,1H3;/q-1;. The van der Waals surface area contributed by atoms with Crippen LogP contribution in [0.5, 0.6) is 0 Å². The van der Waals surface area contributed by atoms with E-state index in [2.05, 4.69) is 18.3 Å². The molecule has 46 valence electrons. The second-order valence-electron chi connectivity index (χ2n) is 1.93. The van der Waals surface area contributed by atoms with Crippen LogP contribution < -0.4 is 0 Å². The zero-order valence-electron chi connectivity index (χ0n) is 5.05. The molecule has 0 aromatic rings. The van der Waals surface area contributed by atoms with Gasteiger partial charge in [-0.15, -0.1) is 19.2 Å². The Bertz CT molecular complexity index is 88.5. The molecule has 1 aliphatic heterocycles. The third-order valence-corrected chi connectivity index (χ3v) is 1.23. The Hall–Kier alpha value is 0.388. The molecule has 0 amide bonds. The maximum absolute atomic E-state index is 4.15. The van der Waals surface area contributed by atoms with Crippen molar-refractivity contribution in [2.45, 2.75) is 13.3 Å². The monoisotopic (exact) mass is 280 g/mol. The van der Waals surface area contributed by atoms with Gasteiger partial charge in [0.1, 0.15) is 0 Å². The van der Waals surface area contributed by atoms with Gasteiger partial charge < -0.3 is 5.32 Å². The van der Waals surface area contributed by atoms with Gasteiger partial charge in [0.25, 0.3) is 0 Å². The average molecular weight is 280 g/mol. The fourth-order valence-electron chi connectivity index (χ4n) is 0.669. The maximum atomic E-state index is 4.15. The summed E-state index contributed by atoms with van der Waals surface area (Å²) >= 11 is 0. The van der Waals surface area contributed by atoms with E-state index in [9.17, 15) is 0 Å². The van der Waals surface area contributed by atoms with Gasteiger partial charge in [-0.25, -0.2) is 0 Å². The Morgan fingerprint density at radius 2 is 2.38 bits per heavy atom. The summed E-state index contributed by atoms with van der Waals surface area (Å²) in [7, 11) is 0. The average Bonchev–Trinajstić information content (AvgIpc) is 1.69. The van der Waals surface area contributed by atoms with E-state index < -0.39 is 0 Å². The molecular formula is C6H10NW-. The van der Waals surface area contributed by atoms with Crippen molar-refractivity contribution in [1.29, 1.82) is 0 Å². The molecule has 0 N–H and O–H groups in total. The molecule has 0 bridgehead atoms. The van der Waals surface area contributed by atoms with Crippen LogP contribution in [0.15, 0.2) is 11.6 Å². The van der Waals surface area contributed by atoms with Crippen LogP contribution in [0.1, 0.15) is 13.3 Å². The minimum atomic E-state index is 0. The largest absolute Gasteiger partial charge is 0.659 e. The molecule has 1 aliphatic rings. The van der Waals surface area contributed by atoms with Gasteiger partial charge in [-0.2, -0.15) is 0 Å². The number of nitrogens with zero attached hydrogens (tertiary/aromatic N) is 1. The molecule has 0 aromatic carbocycles. The molecule has 0 unspecified atom stereocenters. The van der Waals surface area contributed by atoms with Crippen molar-refractivity contribution in [2.75, 3.05) is 13.1 Å². The van der Waals surface area contributed by atoms with Crippen molar-refractivity contribution in [2.24, 2.45) is 0 Å². The van der Waals surface area contributed by atoms with Crippen molar-refractivity contribution in [3.8, 4) is 0 Å². The fraction of sp³-hybridized carbons (Fsp3) is 0.667. The molecule has 0 fully saturated rings. The quantitative estimate of drug-likeness (QED) is 0.600. The van der Waals surface area contributed by atoms with Crippen LogP contribution in [-0.4, -0.2) is 13.1 Å². The predicted octanol–water partition coefficient (Wildman–Crippen LogP) is 1.71. The zero-order valence-corrected chi connectivity index (χ0v) is 7.99. The Labute approximate surface area is 64.8 Å². The summed E-state index contributed by atoms with van der Waals surface area (Å²) in [4.78, 5) is 0. The van der Waals surface area contributed by atoms with Gasteiger partial charge in [0.05, 0.1) is 0 Å². The molecule has 0 spiro atoms. The van der Waals surface area contributed by atoms with E-state index in [1.807, 2.05) is 0 Å². The summed E-state index contributed by atoms with van der Waals surface area (Å²) in [5, 5.41) is 4.15. The maximum Gasteiger partial charge on any atom is 0 e. The molecule has 0 aliphatic carbocycles. The first-order valence-corrected chi connectivity index (χ1v) is 2.68. The Balaban J connectivity index is 0.000000490. The van der Waals surface area contributed by atoms with Crippen molar-refractivity contribution in [1.82, 2.24) is 0 Å². The van der Waals surface area contributed by atoms with E-state index in [-0.39, 0.29) is 21.1 Å². The Morgan fingerprint density at radius 1 is 1.62 bits per heavy atom. The van der Waals surface area contributed by atoms with Gasteiger partial charge in [-0.1, -0.05) is 12.0 Å². The second kappa shape index (κ2) is 4.29. The molecule has 0 saturated carbocycles. The summed E-state index contributed by atoms with van der Waals surface area (Å²) in [6.07, 6.45) is 3.36. The molecule has 1 rings (SSSR count). The summed E-state index contributed by atoms with van der Waals surface area (Å²) in [5.74, 6) is 0. The van der Waals surface area contributed by atoms with Crippen LogP contribution in [0.4, 0.5) is 0 Å². The van der Waals surface area contributed by atoms with Gasteiger partial charge in [-0.05, 0) is 6.92 Å². The summed E-state index contributed by atoms with van der Waals surface area (Å²) in [6.45, 7) is 4.16. The van der Waals surface area contributed by atoms with E-state index in [1.54, 1.807) is 0 Å². The molecular weight excluding hydrogens is 270 g/mol. The molecule has 0 saturated heterocycles. The summed E-state index contributed by atoms with van der Waals surface area (Å²) in [6, 6.07) is 0. The third kappa shape index (κ3) is 2.64. The first kappa shape index (κ1) is 8.39. The van der Waals surface area contributed by atoms with Crippen molar-refractivity contribution in [3.63, 3.8) is 0 Å².